The number of nitrogens with two attached hydrogens (primary N) is 1. The molecule has 1 heterocycles. The molecule has 0 aromatic heterocycles. The smallest absolute Gasteiger partial charge is 0.0120 e. The van der Waals surface area contributed by atoms with E-state index in [1.165, 1.54) is 32.5 Å². The van der Waals surface area contributed by atoms with Crippen molar-refractivity contribution in [2.75, 3.05) is 19.6 Å². The number of piperidine rings is 1. The number of rotatable bonds is 1. The van der Waals surface area contributed by atoms with E-state index >= 15 is 0 Å². The quantitative estimate of drug-likeness (QED) is 0.601. The van der Waals surface area contributed by atoms with Crippen molar-refractivity contribution in [2.45, 2.75) is 25.8 Å². The van der Waals surface area contributed by atoms with Crippen LogP contribution in [0.4, 0.5) is 0 Å². The highest BCUT2D eigenvalue weighted by Crippen LogP contribution is 2.35. The molecule has 2 rings (SSSR count). The number of hydrogen-bond donors (Lipinski definition) is 1. The lowest BCUT2D eigenvalue weighted by atomic mass is 9.93. The van der Waals surface area contributed by atoms with Gasteiger partial charge in [-0.15, -0.1) is 0 Å². The Kier molecular flexibility index (Phi) is 1.90. The molecular formula is C9H18N2. The summed E-state index contributed by atoms with van der Waals surface area (Å²) in [6, 6.07) is 0.526. The molecule has 2 aliphatic rings. The predicted octanol–water partition coefficient (Wildman–Crippen LogP) is 0.675. The van der Waals surface area contributed by atoms with Gasteiger partial charge in [0.1, 0.15) is 0 Å². The second-order valence-electron chi connectivity index (χ2n) is 4.03. The van der Waals surface area contributed by atoms with Crippen LogP contribution in [0.1, 0.15) is 19.8 Å². The fraction of sp³-hybridized carbons (Fsp3) is 1.00. The van der Waals surface area contributed by atoms with Crippen molar-refractivity contribution in [3.8, 4) is 0 Å². The van der Waals surface area contributed by atoms with Gasteiger partial charge in [0.2, 0.25) is 0 Å². The van der Waals surface area contributed by atoms with Crippen LogP contribution in [0.3, 0.4) is 0 Å². The Morgan fingerprint density at radius 3 is 2.27 bits per heavy atom. The molecule has 1 saturated heterocycles. The van der Waals surface area contributed by atoms with Gasteiger partial charge in [-0.05, 0) is 31.2 Å². The summed E-state index contributed by atoms with van der Waals surface area (Å²) >= 11 is 0. The van der Waals surface area contributed by atoms with Crippen LogP contribution in [0.5, 0.6) is 0 Å². The molecule has 11 heavy (non-hydrogen) atoms. The molecule has 2 nitrogen and oxygen atoms in total. The Hall–Kier alpha value is -0.0800. The van der Waals surface area contributed by atoms with Crippen LogP contribution in [0.2, 0.25) is 0 Å². The van der Waals surface area contributed by atoms with Gasteiger partial charge in [-0.2, -0.15) is 0 Å². The Morgan fingerprint density at radius 2 is 1.82 bits per heavy atom. The van der Waals surface area contributed by atoms with Crippen LogP contribution in [0, 0.1) is 11.8 Å². The molecule has 2 bridgehead atoms. The summed E-state index contributed by atoms with van der Waals surface area (Å²) in [5.74, 6) is 1.63. The summed E-state index contributed by atoms with van der Waals surface area (Å²) in [4.78, 5) is 2.55. The first-order chi connectivity index (χ1) is 5.31. The monoisotopic (exact) mass is 154 g/mol. The van der Waals surface area contributed by atoms with Crippen molar-refractivity contribution in [3.63, 3.8) is 0 Å². The fourth-order valence-corrected chi connectivity index (χ4v) is 2.62. The molecule has 2 atom stereocenters. The van der Waals surface area contributed by atoms with Crippen molar-refractivity contribution < 1.29 is 0 Å². The second kappa shape index (κ2) is 2.76. The van der Waals surface area contributed by atoms with E-state index in [9.17, 15) is 0 Å². The van der Waals surface area contributed by atoms with Gasteiger partial charge in [-0.1, -0.05) is 6.92 Å². The van der Waals surface area contributed by atoms with Crippen molar-refractivity contribution >= 4 is 0 Å². The van der Waals surface area contributed by atoms with Gasteiger partial charge < -0.3 is 10.6 Å². The van der Waals surface area contributed by atoms with Crippen LogP contribution in [-0.4, -0.2) is 30.6 Å². The molecule has 1 aliphatic carbocycles. The average molecular weight is 154 g/mol. The van der Waals surface area contributed by atoms with Crippen molar-refractivity contribution in [1.82, 2.24) is 4.90 Å². The van der Waals surface area contributed by atoms with Gasteiger partial charge in [0.05, 0.1) is 0 Å². The highest BCUT2D eigenvalue weighted by Gasteiger charge is 2.38. The first-order valence-electron chi connectivity index (χ1n) is 4.79. The van der Waals surface area contributed by atoms with E-state index in [2.05, 4.69) is 11.8 Å². The highest BCUT2D eigenvalue weighted by molar-refractivity contribution is 4.94. The lowest BCUT2D eigenvalue weighted by Gasteiger charge is -2.35. The zero-order valence-corrected chi connectivity index (χ0v) is 7.29. The van der Waals surface area contributed by atoms with Gasteiger partial charge >= 0.3 is 0 Å². The second-order valence-corrected chi connectivity index (χ2v) is 4.03. The highest BCUT2D eigenvalue weighted by atomic mass is 15.1. The molecule has 0 radical (unpaired) electrons. The average Bonchev–Trinajstić information content (AvgIpc) is 2.26. The lowest BCUT2D eigenvalue weighted by molar-refractivity contribution is 0.154. The summed E-state index contributed by atoms with van der Waals surface area (Å²) < 4.78 is 0. The number of nitrogens with zero attached hydrogens (tertiary/aromatic N) is 1. The molecule has 64 valence electrons. The zero-order valence-electron chi connectivity index (χ0n) is 7.29. The summed E-state index contributed by atoms with van der Waals surface area (Å²) in [5.41, 5.74) is 6.07. The minimum absolute atomic E-state index is 0.526. The van der Waals surface area contributed by atoms with E-state index in [0.717, 1.165) is 11.8 Å². The number of fused-ring (bicyclic) bond motifs is 2. The molecule has 2 fully saturated rings. The Morgan fingerprint density at radius 1 is 1.27 bits per heavy atom. The third-order valence-corrected chi connectivity index (χ3v) is 3.43. The Labute approximate surface area is 68.7 Å². The topological polar surface area (TPSA) is 29.3 Å². The van der Waals surface area contributed by atoms with Crippen molar-refractivity contribution in [1.29, 1.82) is 0 Å². The van der Waals surface area contributed by atoms with Crippen LogP contribution >= 0.6 is 0 Å². The third-order valence-electron chi connectivity index (χ3n) is 3.43. The Balaban J connectivity index is 2.02. The normalized spacial score (nSPS) is 44.7. The molecule has 0 amide bonds. The summed E-state index contributed by atoms with van der Waals surface area (Å²) in [6.07, 6.45) is 2.75. The number of hydrogen-bond acceptors (Lipinski definition) is 2. The van der Waals surface area contributed by atoms with Crippen molar-refractivity contribution in [2.24, 2.45) is 17.6 Å². The van der Waals surface area contributed by atoms with E-state index in [1.807, 2.05) is 0 Å². The van der Waals surface area contributed by atoms with Gasteiger partial charge in [-0.3, -0.25) is 0 Å². The molecule has 0 aromatic rings. The van der Waals surface area contributed by atoms with E-state index in [4.69, 9.17) is 5.73 Å². The van der Waals surface area contributed by atoms with Gasteiger partial charge in [-0.25, -0.2) is 0 Å². The molecule has 2 N–H and O–H groups in total. The standard InChI is InChI=1S/C9H18N2/c1-2-11-5-7-3-4-8(6-11)9(7)10/h7-9H,2-6,10H2,1H3/t7-,8-/m1/s1. The minimum atomic E-state index is 0.526. The van der Waals surface area contributed by atoms with Crippen molar-refractivity contribution in [3.05, 3.63) is 0 Å². The van der Waals surface area contributed by atoms with Gasteiger partial charge in [0.15, 0.2) is 0 Å². The molecule has 1 aliphatic heterocycles. The van der Waals surface area contributed by atoms with Crippen LogP contribution < -0.4 is 5.73 Å². The first-order valence-corrected chi connectivity index (χ1v) is 4.79. The first kappa shape index (κ1) is 7.56. The maximum atomic E-state index is 6.07. The van der Waals surface area contributed by atoms with Gasteiger partial charge in [0, 0.05) is 19.1 Å². The number of likely N-dealkylation sites (tertiary alicyclic amines) is 1. The zero-order chi connectivity index (χ0) is 7.84. The van der Waals surface area contributed by atoms with Crippen LogP contribution in [0.15, 0.2) is 0 Å². The molecule has 0 aromatic carbocycles. The maximum Gasteiger partial charge on any atom is 0.0120 e. The van der Waals surface area contributed by atoms with Gasteiger partial charge in [0.25, 0.3) is 0 Å². The summed E-state index contributed by atoms with van der Waals surface area (Å²) in [7, 11) is 0. The summed E-state index contributed by atoms with van der Waals surface area (Å²) in [5, 5.41) is 0. The van der Waals surface area contributed by atoms with E-state index in [1.54, 1.807) is 0 Å². The maximum absolute atomic E-state index is 6.07. The molecular weight excluding hydrogens is 136 g/mol. The Bertz CT molecular complexity index is 132. The van der Waals surface area contributed by atoms with E-state index < -0.39 is 0 Å². The molecule has 1 saturated carbocycles. The third kappa shape index (κ3) is 1.18. The van der Waals surface area contributed by atoms with Crippen LogP contribution in [0.25, 0.3) is 0 Å². The molecule has 0 spiro atoms. The largest absolute Gasteiger partial charge is 0.327 e. The SMILES string of the molecule is CCN1C[C@H]2CC[C@H](C1)C2N. The molecule has 2 heteroatoms. The lowest BCUT2D eigenvalue weighted by Crippen LogP contribution is -2.48. The summed E-state index contributed by atoms with van der Waals surface area (Å²) in [6.45, 7) is 5.97. The van der Waals surface area contributed by atoms with E-state index in [0.29, 0.717) is 6.04 Å². The molecule has 0 unspecified atom stereocenters. The minimum Gasteiger partial charge on any atom is -0.327 e. The fourth-order valence-electron chi connectivity index (χ4n) is 2.62. The predicted molar refractivity (Wildman–Crippen MR) is 46.3 cm³/mol. The van der Waals surface area contributed by atoms with E-state index in [-0.39, 0.29) is 0 Å². The van der Waals surface area contributed by atoms with Crippen LogP contribution in [-0.2, 0) is 0 Å².